The number of benzene rings is 2. The maximum absolute atomic E-state index is 13.2. The second kappa shape index (κ2) is 6.84. The highest BCUT2D eigenvalue weighted by molar-refractivity contribution is 5.92. The number of hydrogen-bond acceptors (Lipinski definition) is 3. The fourth-order valence-corrected chi connectivity index (χ4v) is 2.56. The van der Waals surface area contributed by atoms with E-state index in [1.54, 1.807) is 12.1 Å². The number of halogens is 1. The first-order valence-electron chi connectivity index (χ1n) is 7.77. The number of carbonyl (C=O) groups is 1. The molecule has 0 radical (unpaired) electrons. The van der Waals surface area contributed by atoms with Crippen LogP contribution in [-0.2, 0) is 4.79 Å². The van der Waals surface area contributed by atoms with Crippen LogP contribution in [0.15, 0.2) is 59.0 Å². The Bertz CT molecular complexity index is 826. The lowest BCUT2D eigenvalue weighted by Gasteiger charge is -2.22. The number of anilines is 1. The Hall–Kier alpha value is -2.66. The van der Waals surface area contributed by atoms with E-state index < -0.39 is 0 Å². The standard InChI is InChI=1S/C19H19FN2O2/c1-13(18-10-14-6-3-4-9-17(14)24-18)22(2)12-19(23)21-16-8-5-7-15(20)11-16/h3-11,13H,12H2,1-2H3,(H,21,23)/t13-/m0/s1. The third-order valence-electron chi connectivity index (χ3n) is 4.02. The molecule has 4 nitrogen and oxygen atoms in total. The van der Waals surface area contributed by atoms with Crippen molar-refractivity contribution in [3.05, 3.63) is 66.2 Å². The van der Waals surface area contributed by atoms with Crippen LogP contribution in [0, 0.1) is 5.82 Å². The van der Waals surface area contributed by atoms with E-state index >= 15 is 0 Å². The van der Waals surface area contributed by atoms with Crippen molar-refractivity contribution >= 4 is 22.6 Å². The van der Waals surface area contributed by atoms with Crippen molar-refractivity contribution < 1.29 is 13.6 Å². The molecule has 2 aromatic carbocycles. The lowest BCUT2D eigenvalue weighted by Crippen LogP contribution is -2.32. The molecule has 1 amide bonds. The Morgan fingerprint density at radius 2 is 2.00 bits per heavy atom. The molecule has 5 heteroatoms. The van der Waals surface area contributed by atoms with Gasteiger partial charge in [0.05, 0.1) is 12.6 Å². The average Bonchev–Trinajstić information content (AvgIpc) is 2.97. The summed E-state index contributed by atoms with van der Waals surface area (Å²) >= 11 is 0. The molecule has 0 aliphatic heterocycles. The Kier molecular flexibility index (Phi) is 4.62. The molecule has 0 fully saturated rings. The first-order chi connectivity index (χ1) is 11.5. The molecule has 0 bridgehead atoms. The zero-order valence-electron chi connectivity index (χ0n) is 13.6. The van der Waals surface area contributed by atoms with Gasteiger partial charge in [0.1, 0.15) is 17.2 Å². The van der Waals surface area contributed by atoms with Crippen LogP contribution in [0.2, 0.25) is 0 Å². The smallest absolute Gasteiger partial charge is 0.238 e. The van der Waals surface area contributed by atoms with E-state index in [2.05, 4.69) is 5.32 Å². The summed E-state index contributed by atoms with van der Waals surface area (Å²) in [6, 6.07) is 15.6. The molecule has 0 saturated heterocycles. The van der Waals surface area contributed by atoms with E-state index in [4.69, 9.17) is 4.42 Å². The van der Waals surface area contributed by atoms with Crippen molar-refractivity contribution in [1.29, 1.82) is 0 Å². The molecule has 0 spiro atoms. The predicted molar refractivity (Wildman–Crippen MR) is 92.3 cm³/mol. The van der Waals surface area contributed by atoms with E-state index in [9.17, 15) is 9.18 Å². The predicted octanol–water partition coefficient (Wildman–Crippen LogP) is 4.20. The van der Waals surface area contributed by atoms with E-state index in [1.807, 2.05) is 49.2 Å². The highest BCUT2D eigenvalue weighted by atomic mass is 19.1. The minimum absolute atomic E-state index is 0.0596. The van der Waals surface area contributed by atoms with Crippen molar-refractivity contribution in [2.24, 2.45) is 0 Å². The molecule has 1 N–H and O–H groups in total. The van der Waals surface area contributed by atoms with Crippen molar-refractivity contribution in [2.75, 3.05) is 18.9 Å². The van der Waals surface area contributed by atoms with Crippen LogP contribution in [-0.4, -0.2) is 24.4 Å². The Labute approximate surface area is 139 Å². The summed E-state index contributed by atoms with van der Waals surface area (Å²) in [6.07, 6.45) is 0. The number of para-hydroxylation sites is 1. The van der Waals surface area contributed by atoms with Gasteiger partial charge in [-0.1, -0.05) is 24.3 Å². The van der Waals surface area contributed by atoms with Crippen LogP contribution < -0.4 is 5.32 Å². The highest BCUT2D eigenvalue weighted by Crippen LogP contribution is 2.26. The highest BCUT2D eigenvalue weighted by Gasteiger charge is 2.18. The maximum atomic E-state index is 13.2. The molecule has 1 atom stereocenters. The zero-order chi connectivity index (χ0) is 17.1. The van der Waals surface area contributed by atoms with Gasteiger partial charge >= 0.3 is 0 Å². The topological polar surface area (TPSA) is 45.5 Å². The lowest BCUT2D eigenvalue weighted by molar-refractivity contribution is -0.117. The first-order valence-corrected chi connectivity index (χ1v) is 7.77. The Morgan fingerprint density at radius 3 is 2.75 bits per heavy atom. The summed E-state index contributed by atoms with van der Waals surface area (Å²) in [4.78, 5) is 14.0. The largest absolute Gasteiger partial charge is 0.459 e. The van der Waals surface area contributed by atoms with Crippen LogP contribution in [0.4, 0.5) is 10.1 Å². The minimum atomic E-state index is -0.378. The lowest BCUT2D eigenvalue weighted by atomic mass is 10.2. The van der Waals surface area contributed by atoms with Crippen LogP contribution >= 0.6 is 0 Å². The van der Waals surface area contributed by atoms with Gasteiger partial charge in [-0.05, 0) is 44.3 Å². The van der Waals surface area contributed by atoms with E-state index in [0.717, 1.165) is 16.7 Å². The number of rotatable bonds is 5. The normalized spacial score (nSPS) is 12.5. The monoisotopic (exact) mass is 326 g/mol. The second-order valence-electron chi connectivity index (χ2n) is 5.84. The first kappa shape index (κ1) is 16.2. The molecule has 3 aromatic rings. The number of fused-ring (bicyclic) bond motifs is 1. The summed E-state index contributed by atoms with van der Waals surface area (Å²) in [5.41, 5.74) is 1.28. The molecule has 1 heterocycles. The summed E-state index contributed by atoms with van der Waals surface area (Å²) in [5.74, 6) is 0.222. The summed E-state index contributed by atoms with van der Waals surface area (Å²) in [5, 5.41) is 3.73. The maximum Gasteiger partial charge on any atom is 0.238 e. The molecule has 124 valence electrons. The quantitative estimate of drug-likeness (QED) is 0.764. The van der Waals surface area contributed by atoms with Gasteiger partial charge in [0.15, 0.2) is 0 Å². The van der Waals surface area contributed by atoms with Gasteiger partial charge < -0.3 is 9.73 Å². The second-order valence-corrected chi connectivity index (χ2v) is 5.84. The third kappa shape index (κ3) is 3.63. The van der Waals surface area contributed by atoms with Gasteiger partial charge in [0.25, 0.3) is 0 Å². The van der Waals surface area contributed by atoms with Crippen molar-refractivity contribution in [1.82, 2.24) is 4.90 Å². The van der Waals surface area contributed by atoms with Gasteiger partial charge in [-0.3, -0.25) is 9.69 Å². The summed E-state index contributed by atoms with van der Waals surface area (Å²) < 4.78 is 19.0. The van der Waals surface area contributed by atoms with Gasteiger partial charge in [0, 0.05) is 11.1 Å². The fourth-order valence-electron chi connectivity index (χ4n) is 2.56. The number of amides is 1. The van der Waals surface area contributed by atoms with Crippen LogP contribution in [0.25, 0.3) is 11.0 Å². The third-order valence-corrected chi connectivity index (χ3v) is 4.02. The Balaban J connectivity index is 1.65. The van der Waals surface area contributed by atoms with E-state index in [1.165, 1.54) is 12.1 Å². The van der Waals surface area contributed by atoms with Crippen molar-refractivity contribution in [3.63, 3.8) is 0 Å². The SMILES string of the molecule is C[C@@H](c1cc2ccccc2o1)N(C)CC(=O)Nc1cccc(F)c1. The molecule has 0 saturated carbocycles. The number of nitrogens with zero attached hydrogens (tertiary/aromatic N) is 1. The number of likely N-dealkylation sites (N-methyl/N-ethyl adjacent to an activating group) is 1. The van der Waals surface area contributed by atoms with Gasteiger partial charge in [0.2, 0.25) is 5.91 Å². The van der Waals surface area contributed by atoms with Crippen LogP contribution in [0.3, 0.4) is 0 Å². The number of furan rings is 1. The minimum Gasteiger partial charge on any atom is -0.459 e. The Morgan fingerprint density at radius 1 is 1.21 bits per heavy atom. The van der Waals surface area contributed by atoms with Crippen LogP contribution in [0.1, 0.15) is 18.7 Å². The molecular weight excluding hydrogens is 307 g/mol. The van der Waals surface area contributed by atoms with Crippen molar-refractivity contribution in [3.8, 4) is 0 Å². The molecule has 0 aliphatic carbocycles. The number of hydrogen-bond donors (Lipinski definition) is 1. The molecule has 24 heavy (non-hydrogen) atoms. The number of nitrogens with one attached hydrogen (secondary N) is 1. The van der Waals surface area contributed by atoms with Gasteiger partial charge in [-0.2, -0.15) is 0 Å². The number of carbonyl (C=O) groups excluding carboxylic acids is 1. The molecule has 3 rings (SSSR count). The molecular formula is C19H19FN2O2. The van der Waals surface area contributed by atoms with E-state index in [-0.39, 0.29) is 24.3 Å². The van der Waals surface area contributed by atoms with Gasteiger partial charge in [-0.25, -0.2) is 4.39 Å². The molecule has 1 aromatic heterocycles. The average molecular weight is 326 g/mol. The van der Waals surface area contributed by atoms with Crippen molar-refractivity contribution in [2.45, 2.75) is 13.0 Å². The fraction of sp³-hybridized carbons (Fsp3) is 0.211. The van der Waals surface area contributed by atoms with E-state index in [0.29, 0.717) is 5.69 Å². The zero-order valence-corrected chi connectivity index (χ0v) is 13.6. The van der Waals surface area contributed by atoms with Gasteiger partial charge in [-0.15, -0.1) is 0 Å². The summed E-state index contributed by atoms with van der Waals surface area (Å²) in [7, 11) is 1.85. The molecule has 0 aliphatic rings. The molecule has 0 unspecified atom stereocenters. The van der Waals surface area contributed by atoms with Crippen LogP contribution in [0.5, 0.6) is 0 Å². The summed E-state index contributed by atoms with van der Waals surface area (Å²) in [6.45, 7) is 2.15.